The van der Waals surface area contributed by atoms with Gasteiger partial charge in [-0.25, -0.2) is 13.1 Å². The van der Waals surface area contributed by atoms with Crippen LogP contribution in [0.1, 0.15) is 20.3 Å². The van der Waals surface area contributed by atoms with Gasteiger partial charge >= 0.3 is 5.97 Å². The predicted molar refractivity (Wildman–Crippen MR) is 78.8 cm³/mol. The molecular formula is C11H27N3O5S. The zero-order chi connectivity index (χ0) is 16.6. The third-order valence-corrected chi connectivity index (χ3v) is 2.35. The van der Waals surface area contributed by atoms with E-state index < -0.39 is 10.0 Å². The molecule has 3 N–H and O–H groups in total. The highest BCUT2D eigenvalue weighted by Crippen LogP contribution is 1.82. The lowest BCUT2D eigenvalue weighted by Gasteiger charge is -1.98. The van der Waals surface area contributed by atoms with Gasteiger partial charge in [0.1, 0.15) is 0 Å². The minimum atomic E-state index is -2.91. The van der Waals surface area contributed by atoms with Crippen LogP contribution in [0.4, 0.5) is 0 Å². The summed E-state index contributed by atoms with van der Waals surface area (Å²) in [5, 5.41) is 5.25. The van der Waals surface area contributed by atoms with Gasteiger partial charge in [0.05, 0.1) is 19.3 Å². The topological polar surface area (TPSA) is 114 Å². The van der Waals surface area contributed by atoms with E-state index in [1.54, 1.807) is 21.0 Å². The van der Waals surface area contributed by atoms with Crippen LogP contribution in [0.2, 0.25) is 0 Å². The standard InChI is InChI=1S/C6H13NO2.C3H7NO.C2H7NO2S/c1-3-9-6(8)4-5-7-2;1-3(5)4-2;1-3-6(2,4)5/h7H,3-5H2,1-2H3;1-2H3,(H,4,5);3H,1-2H3. The Morgan fingerprint density at radius 3 is 1.75 bits per heavy atom. The van der Waals surface area contributed by atoms with Crippen LogP contribution in [0.5, 0.6) is 0 Å². The number of sulfonamides is 1. The van der Waals surface area contributed by atoms with E-state index in [2.05, 4.69) is 20.1 Å². The minimum Gasteiger partial charge on any atom is -0.466 e. The number of rotatable bonds is 5. The van der Waals surface area contributed by atoms with E-state index in [-0.39, 0.29) is 11.9 Å². The summed E-state index contributed by atoms with van der Waals surface area (Å²) in [4.78, 5) is 20.2. The third-order valence-electron chi connectivity index (χ3n) is 1.61. The van der Waals surface area contributed by atoms with Gasteiger partial charge in [-0.1, -0.05) is 0 Å². The van der Waals surface area contributed by atoms with Gasteiger partial charge in [0.2, 0.25) is 15.9 Å². The molecule has 0 fully saturated rings. The number of carbonyl (C=O) groups excluding carboxylic acids is 2. The first-order chi connectivity index (χ1) is 9.14. The lowest BCUT2D eigenvalue weighted by atomic mass is 10.4. The number of carbonyl (C=O) groups is 2. The molecule has 0 aromatic carbocycles. The molecule has 0 aromatic rings. The molecule has 0 heterocycles. The predicted octanol–water partition coefficient (Wildman–Crippen LogP) is -0.923. The monoisotopic (exact) mass is 313 g/mol. The van der Waals surface area contributed by atoms with Gasteiger partial charge in [-0.3, -0.25) is 9.59 Å². The summed E-state index contributed by atoms with van der Waals surface area (Å²) in [6, 6.07) is 0. The van der Waals surface area contributed by atoms with Crippen molar-refractivity contribution in [3.05, 3.63) is 0 Å². The van der Waals surface area contributed by atoms with Gasteiger partial charge in [0, 0.05) is 20.5 Å². The molecule has 0 aliphatic carbocycles. The van der Waals surface area contributed by atoms with Crippen molar-refractivity contribution in [2.24, 2.45) is 0 Å². The highest BCUT2D eigenvalue weighted by atomic mass is 32.2. The second-order valence-corrected chi connectivity index (χ2v) is 5.39. The minimum absolute atomic E-state index is 0.00463. The molecule has 0 aromatic heterocycles. The summed E-state index contributed by atoms with van der Waals surface area (Å²) in [5.74, 6) is -0.128. The molecule has 0 radical (unpaired) electrons. The first-order valence-corrected chi connectivity index (χ1v) is 7.90. The molecule has 0 aliphatic rings. The van der Waals surface area contributed by atoms with Crippen molar-refractivity contribution in [3.63, 3.8) is 0 Å². The van der Waals surface area contributed by atoms with E-state index in [0.717, 1.165) is 6.26 Å². The molecule has 0 spiro atoms. The Bertz CT molecular complexity index is 344. The van der Waals surface area contributed by atoms with E-state index in [1.165, 1.54) is 14.0 Å². The van der Waals surface area contributed by atoms with Crippen molar-refractivity contribution in [1.29, 1.82) is 0 Å². The van der Waals surface area contributed by atoms with Gasteiger partial charge in [0.15, 0.2) is 0 Å². The molecule has 0 aliphatic heterocycles. The van der Waals surface area contributed by atoms with E-state index in [9.17, 15) is 18.0 Å². The van der Waals surface area contributed by atoms with Gasteiger partial charge in [-0.05, 0) is 21.0 Å². The average molecular weight is 313 g/mol. The molecule has 20 heavy (non-hydrogen) atoms. The van der Waals surface area contributed by atoms with E-state index >= 15 is 0 Å². The summed E-state index contributed by atoms with van der Waals surface area (Å²) in [7, 11) is 1.86. The van der Waals surface area contributed by atoms with Crippen molar-refractivity contribution < 1.29 is 22.7 Å². The van der Waals surface area contributed by atoms with Crippen LogP contribution in [0.3, 0.4) is 0 Å². The second kappa shape index (κ2) is 15.9. The molecular weight excluding hydrogens is 286 g/mol. The van der Waals surface area contributed by atoms with Gasteiger partial charge < -0.3 is 15.4 Å². The van der Waals surface area contributed by atoms with Crippen LogP contribution in [-0.4, -0.2) is 60.8 Å². The Kier molecular flexibility index (Phi) is 18.9. The lowest BCUT2D eigenvalue weighted by molar-refractivity contribution is -0.142. The maximum Gasteiger partial charge on any atom is 0.307 e. The molecule has 0 saturated carbocycles. The summed E-state index contributed by atoms with van der Waals surface area (Å²) >= 11 is 0. The summed E-state index contributed by atoms with van der Waals surface area (Å²) in [6.07, 6.45) is 1.57. The first-order valence-electron chi connectivity index (χ1n) is 6.01. The quantitative estimate of drug-likeness (QED) is 0.566. The molecule has 0 bridgehead atoms. The largest absolute Gasteiger partial charge is 0.466 e. The highest BCUT2D eigenvalue weighted by Gasteiger charge is 1.97. The van der Waals surface area contributed by atoms with Gasteiger partial charge in [-0.2, -0.15) is 0 Å². The fourth-order valence-electron chi connectivity index (χ4n) is 0.460. The van der Waals surface area contributed by atoms with Gasteiger partial charge in [-0.15, -0.1) is 0 Å². The number of ether oxygens (including phenoxy) is 1. The Hall–Kier alpha value is -1.19. The summed E-state index contributed by atoms with van der Waals surface area (Å²) in [5.41, 5.74) is 0. The maximum absolute atomic E-state index is 10.5. The Morgan fingerprint density at radius 1 is 1.15 bits per heavy atom. The van der Waals surface area contributed by atoms with Crippen molar-refractivity contribution in [1.82, 2.24) is 15.4 Å². The van der Waals surface area contributed by atoms with Gasteiger partial charge in [0.25, 0.3) is 0 Å². The normalized spacial score (nSPS) is 9.30. The molecule has 122 valence electrons. The molecule has 0 rings (SSSR count). The fourth-order valence-corrected chi connectivity index (χ4v) is 0.460. The fraction of sp³-hybridized carbons (Fsp3) is 0.818. The zero-order valence-electron chi connectivity index (χ0n) is 13.1. The molecule has 0 unspecified atom stereocenters. The third kappa shape index (κ3) is 36.0. The van der Waals surface area contributed by atoms with E-state index in [0.29, 0.717) is 19.6 Å². The highest BCUT2D eigenvalue weighted by molar-refractivity contribution is 7.88. The number of hydrogen-bond donors (Lipinski definition) is 3. The van der Waals surface area contributed by atoms with Crippen molar-refractivity contribution in [2.75, 3.05) is 40.6 Å². The maximum atomic E-state index is 10.5. The number of esters is 1. The Balaban J connectivity index is -0.000000230. The Labute approximate surface area is 121 Å². The number of hydrogen-bond acceptors (Lipinski definition) is 6. The average Bonchev–Trinajstić information content (AvgIpc) is 2.37. The molecule has 9 heteroatoms. The second-order valence-electron chi connectivity index (χ2n) is 3.44. The first kappa shape index (κ1) is 23.9. The zero-order valence-corrected chi connectivity index (χ0v) is 13.9. The molecule has 8 nitrogen and oxygen atoms in total. The Morgan fingerprint density at radius 2 is 1.55 bits per heavy atom. The van der Waals surface area contributed by atoms with Crippen LogP contribution in [-0.2, 0) is 24.3 Å². The number of nitrogens with one attached hydrogen (secondary N) is 3. The molecule has 1 amide bonds. The lowest BCUT2D eigenvalue weighted by Crippen LogP contribution is -2.15. The molecule has 0 atom stereocenters. The van der Waals surface area contributed by atoms with Crippen LogP contribution in [0.25, 0.3) is 0 Å². The smallest absolute Gasteiger partial charge is 0.307 e. The van der Waals surface area contributed by atoms with Crippen molar-refractivity contribution in [3.8, 4) is 0 Å². The van der Waals surface area contributed by atoms with Crippen LogP contribution >= 0.6 is 0 Å². The SMILES string of the molecule is CCOC(=O)CCNC.CNC(C)=O.CNS(C)(=O)=O. The number of amides is 1. The summed E-state index contributed by atoms with van der Waals surface area (Å²) < 4.78 is 26.5. The van der Waals surface area contributed by atoms with Crippen LogP contribution in [0.15, 0.2) is 0 Å². The van der Waals surface area contributed by atoms with Crippen molar-refractivity contribution in [2.45, 2.75) is 20.3 Å². The summed E-state index contributed by atoms with van der Waals surface area (Å²) in [6.45, 7) is 4.44. The van der Waals surface area contributed by atoms with Crippen LogP contribution in [0, 0.1) is 0 Å². The van der Waals surface area contributed by atoms with E-state index in [1.807, 2.05) is 0 Å². The van der Waals surface area contributed by atoms with Crippen LogP contribution < -0.4 is 15.4 Å². The molecule has 0 saturated heterocycles. The van der Waals surface area contributed by atoms with Crippen molar-refractivity contribution >= 4 is 21.9 Å². The van der Waals surface area contributed by atoms with E-state index in [4.69, 9.17) is 0 Å².